The van der Waals surface area contributed by atoms with Crippen molar-refractivity contribution in [2.75, 3.05) is 6.54 Å². The van der Waals surface area contributed by atoms with E-state index in [1.54, 1.807) is 24.8 Å². The zero-order valence-corrected chi connectivity index (χ0v) is 11.6. The molecule has 1 aliphatic heterocycles. The van der Waals surface area contributed by atoms with E-state index in [1.807, 2.05) is 0 Å². The van der Waals surface area contributed by atoms with Crippen molar-refractivity contribution in [3.63, 3.8) is 0 Å². The number of hydrogen-bond acceptors (Lipinski definition) is 1. The van der Waals surface area contributed by atoms with Crippen molar-refractivity contribution in [3.05, 3.63) is 35.9 Å². The van der Waals surface area contributed by atoms with Gasteiger partial charge in [0.15, 0.2) is 0 Å². The van der Waals surface area contributed by atoms with E-state index < -0.39 is 0 Å². The minimum Gasteiger partial charge on any atom is -0.287 e. The van der Waals surface area contributed by atoms with E-state index >= 15 is 0 Å². The predicted octanol–water partition coefficient (Wildman–Crippen LogP) is 4.01. The quantitative estimate of drug-likeness (QED) is 0.720. The van der Waals surface area contributed by atoms with Crippen molar-refractivity contribution in [3.8, 4) is 0 Å². The Hall–Kier alpha value is -0.820. The summed E-state index contributed by atoms with van der Waals surface area (Å²) in [5.74, 6) is 3.22. The van der Waals surface area contributed by atoms with E-state index in [1.165, 1.54) is 25.8 Å². The summed E-state index contributed by atoms with van der Waals surface area (Å²) in [4.78, 5) is 2.87. The van der Waals surface area contributed by atoms with Crippen molar-refractivity contribution >= 4 is 0 Å². The molecule has 1 heteroatoms. The molecule has 19 heavy (non-hydrogen) atoms. The fourth-order valence-corrected chi connectivity index (χ4v) is 6.04. The normalized spacial score (nSPS) is 50.4. The van der Waals surface area contributed by atoms with E-state index in [0.717, 1.165) is 23.8 Å². The van der Waals surface area contributed by atoms with E-state index in [-0.39, 0.29) is 0 Å². The van der Waals surface area contributed by atoms with Crippen LogP contribution in [0.25, 0.3) is 0 Å². The van der Waals surface area contributed by atoms with E-state index in [4.69, 9.17) is 0 Å². The second-order valence-electron chi connectivity index (χ2n) is 7.72. The minimum absolute atomic E-state index is 0.620. The third-order valence-corrected chi connectivity index (χ3v) is 6.41. The van der Waals surface area contributed by atoms with Crippen molar-refractivity contribution in [2.45, 2.75) is 50.1 Å². The number of hydrogen-bond donors (Lipinski definition) is 0. The Morgan fingerprint density at radius 1 is 0.842 bits per heavy atom. The Labute approximate surface area is 116 Å². The molecule has 0 radical (unpaired) electrons. The highest BCUT2D eigenvalue weighted by molar-refractivity contribution is 5.27. The van der Waals surface area contributed by atoms with Gasteiger partial charge in [0.1, 0.15) is 0 Å². The minimum atomic E-state index is 0.620. The van der Waals surface area contributed by atoms with Gasteiger partial charge in [-0.15, -0.1) is 0 Å². The van der Waals surface area contributed by atoms with E-state index in [2.05, 4.69) is 35.2 Å². The SMILES string of the molecule is c1ccc([C@@H]2CN2C23CC4CC(CC(C4)C2)C3)cc1. The van der Waals surface area contributed by atoms with Gasteiger partial charge in [0.05, 0.1) is 0 Å². The molecule has 1 nitrogen and oxygen atoms in total. The summed E-state index contributed by atoms with van der Waals surface area (Å²) >= 11 is 0. The molecule has 5 aliphatic rings. The maximum absolute atomic E-state index is 2.87. The highest BCUT2D eigenvalue weighted by atomic mass is 15.4. The van der Waals surface area contributed by atoms with Gasteiger partial charge >= 0.3 is 0 Å². The number of benzene rings is 1. The molecule has 0 aromatic heterocycles. The van der Waals surface area contributed by atoms with Crippen LogP contribution >= 0.6 is 0 Å². The first kappa shape index (κ1) is 10.9. The molecule has 6 rings (SSSR count). The summed E-state index contributed by atoms with van der Waals surface area (Å²) in [7, 11) is 0. The zero-order valence-electron chi connectivity index (χ0n) is 11.6. The topological polar surface area (TPSA) is 3.01 Å². The molecule has 100 valence electrons. The standard InChI is InChI=1S/C18H23N/c1-2-4-16(5-3-1)17-12-19(17)18-9-13-6-14(10-18)8-15(7-13)11-18/h1-5,13-15,17H,6-12H2/t13?,14?,15?,17-,18?,19?/m0/s1. The van der Waals surface area contributed by atoms with E-state index in [9.17, 15) is 0 Å². The van der Waals surface area contributed by atoms with Crippen LogP contribution in [0, 0.1) is 17.8 Å². The molecule has 2 atom stereocenters. The lowest BCUT2D eigenvalue weighted by atomic mass is 9.53. The van der Waals surface area contributed by atoms with Gasteiger partial charge in [0.25, 0.3) is 0 Å². The summed E-state index contributed by atoms with van der Waals surface area (Å²) in [5.41, 5.74) is 2.17. The lowest BCUT2D eigenvalue weighted by Crippen LogP contribution is -2.54. The van der Waals surface area contributed by atoms with Crippen LogP contribution in [0.1, 0.15) is 50.1 Å². The molecule has 0 amide bonds. The third kappa shape index (κ3) is 1.57. The molecular formula is C18H23N. The molecule has 0 spiro atoms. The third-order valence-electron chi connectivity index (χ3n) is 6.41. The second-order valence-corrected chi connectivity index (χ2v) is 7.72. The smallest absolute Gasteiger partial charge is 0.0481 e. The van der Waals surface area contributed by atoms with Crippen molar-refractivity contribution < 1.29 is 0 Å². The van der Waals surface area contributed by atoms with Crippen molar-refractivity contribution in [1.82, 2.24) is 4.90 Å². The lowest BCUT2D eigenvalue weighted by Gasteiger charge is -2.57. The second kappa shape index (κ2) is 3.63. The van der Waals surface area contributed by atoms with Gasteiger partial charge in [0, 0.05) is 18.1 Å². The molecule has 1 aromatic rings. The van der Waals surface area contributed by atoms with Crippen molar-refractivity contribution in [2.24, 2.45) is 17.8 Å². The average Bonchev–Trinajstić information content (AvgIpc) is 3.19. The molecule has 1 saturated heterocycles. The van der Waals surface area contributed by atoms with Gasteiger partial charge in [-0.1, -0.05) is 30.3 Å². The lowest BCUT2D eigenvalue weighted by molar-refractivity contribution is -0.0534. The maximum Gasteiger partial charge on any atom is 0.0481 e. The monoisotopic (exact) mass is 253 g/mol. The van der Waals surface area contributed by atoms with E-state index in [0.29, 0.717) is 5.54 Å². The van der Waals surface area contributed by atoms with Crippen LogP contribution in [0.15, 0.2) is 30.3 Å². The Morgan fingerprint density at radius 2 is 1.42 bits per heavy atom. The van der Waals surface area contributed by atoms with Crippen LogP contribution in [0.3, 0.4) is 0 Å². The van der Waals surface area contributed by atoms with Gasteiger partial charge in [-0.3, -0.25) is 4.90 Å². The van der Waals surface area contributed by atoms with Crippen LogP contribution in [-0.2, 0) is 0 Å². The zero-order chi connectivity index (χ0) is 12.4. The maximum atomic E-state index is 2.87. The first-order chi connectivity index (χ1) is 9.32. The first-order valence-corrected chi connectivity index (χ1v) is 8.14. The summed E-state index contributed by atoms with van der Waals surface area (Å²) in [6.07, 6.45) is 9.22. The molecule has 1 heterocycles. The molecule has 1 unspecified atom stereocenters. The fraction of sp³-hybridized carbons (Fsp3) is 0.667. The highest BCUT2D eigenvalue weighted by Gasteiger charge is 2.58. The van der Waals surface area contributed by atoms with Gasteiger partial charge in [-0.25, -0.2) is 0 Å². The Kier molecular flexibility index (Phi) is 2.09. The van der Waals surface area contributed by atoms with Crippen LogP contribution in [0.5, 0.6) is 0 Å². The van der Waals surface area contributed by atoms with Crippen LogP contribution in [0.2, 0.25) is 0 Å². The summed E-state index contributed by atoms with van der Waals surface area (Å²) in [6.45, 7) is 1.33. The van der Waals surface area contributed by atoms with Gasteiger partial charge in [-0.2, -0.15) is 0 Å². The van der Waals surface area contributed by atoms with Crippen LogP contribution < -0.4 is 0 Å². The van der Waals surface area contributed by atoms with Crippen LogP contribution in [0.4, 0.5) is 0 Å². The van der Waals surface area contributed by atoms with Crippen molar-refractivity contribution in [1.29, 1.82) is 0 Å². The van der Waals surface area contributed by atoms with Crippen LogP contribution in [-0.4, -0.2) is 17.0 Å². The van der Waals surface area contributed by atoms with Gasteiger partial charge < -0.3 is 0 Å². The van der Waals surface area contributed by atoms with Gasteiger partial charge in [0.2, 0.25) is 0 Å². The summed E-state index contributed by atoms with van der Waals surface area (Å²) in [5, 5.41) is 0. The van der Waals surface area contributed by atoms with Gasteiger partial charge in [-0.05, 0) is 61.8 Å². The number of rotatable bonds is 2. The molecule has 4 bridgehead atoms. The Balaban J connectivity index is 1.43. The molecule has 5 fully saturated rings. The fourth-order valence-electron chi connectivity index (χ4n) is 6.04. The highest BCUT2D eigenvalue weighted by Crippen LogP contribution is 2.61. The molecule has 4 saturated carbocycles. The summed E-state index contributed by atoms with van der Waals surface area (Å²) < 4.78 is 0. The largest absolute Gasteiger partial charge is 0.287 e. The first-order valence-electron chi connectivity index (χ1n) is 8.14. The number of nitrogens with zero attached hydrogens (tertiary/aromatic N) is 1. The Bertz CT molecular complexity index is 456. The predicted molar refractivity (Wildman–Crippen MR) is 76.8 cm³/mol. The average molecular weight is 253 g/mol. The summed E-state index contributed by atoms with van der Waals surface area (Å²) in [6, 6.07) is 11.9. The Morgan fingerprint density at radius 3 is 2.00 bits per heavy atom. The molecular weight excluding hydrogens is 230 g/mol. The molecule has 1 aromatic carbocycles. The molecule has 0 N–H and O–H groups in total. The molecule has 4 aliphatic carbocycles.